The smallest absolute Gasteiger partial charge is 0.417 e. The number of hydrogen-bond donors (Lipinski definition) is 1. The Hall–Kier alpha value is -2.81. The Kier molecular flexibility index (Phi) is 3.58. The van der Waals surface area contributed by atoms with Gasteiger partial charge in [0.2, 0.25) is 6.79 Å². The van der Waals surface area contributed by atoms with Crippen molar-refractivity contribution in [3.63, 3.8) is 0 Å². The number of carbonyl (C=O) groups is 1. The first-order valence-electron chi connectivity index (χ1n) is 7.47. The predicted molar refractivity (Wildman–Crippen MR) is 90.6 cm³/mol. The molecular formula is C17H11F3N2O3S. The second-order valence-electron chi connectivity index (χ2n) is 5.70. The predicted octanol–water partition coefficient (Wildman–Crippen LogP) is 4.50. The first kappa shape index (κ1) is 16.6. The van der Waals surface area contributed by atoms with E-state index < -0.39 is 17.5 Å². The Balaban J connectivity index is 1.98. The van der Waals surface area contributed by atoms with E-state index in [9.17, 15) is 18.0 Å². The summed E-state index contributed by atoms with van der Waals surface area (Å²) in [6, 6.07) is 5.72. The van der Waals surface area contributed by atoms with Gasteiger partial charge in [0.1, 0.15) is 4.83 Å². The van der Waals surface area contributed by atoms with Crippen LogP contribution in [-0.4, -0.2) is 17.6 Å². The summed E-state index contributed by atoms with van der Waals surface area (Å²) < 4.78 is 51.3. The molecule has 2 N–H and O–H groups in total. The number of benzene rings is 1. The van der Waals surface area contributed by atoms with E-state index in [2.05, 4.69) is 4.98 Å². The average Bonchev–Trinajstić information content (AvgIpc) is 3.17. The molecule has 0 atom stereocenters. The van der Waals surface area contributed by atoms with E-state index in [4.69, 9.17) is 15.2 Å². The van der Waals surface area contributed by atoms with Gasteiger partial charge in [0.15, 0.2) is 17.3 Å². The lowest BCUT2D eigenvalue weighted by Gasteiger charge is -2.11. The number of carbonyl (C=O) groups excluding carboxylic acids is 1. The van der Waals surface area contributed by atoms with Crippen LogP contribution in [-0.2, 0) is 6.18 Å². The van der Waals surface area contributed by atoms with Crippen LogP contribution >= 0.6 is 11.3 Å². The lowest BCUT2D eigenvalue weighted by atomic mass is 10.0. The number of fused-ring (bicyclic) bond motifs is 2. The normalized spacial score (nSPS) is 13.4. The van der Waals surface area contributed by atoms with Crippen LogP contribution in [0.5, 0.6) is 11.5 Å². The third-order valence-electron chi connectivity index (χ3n) is 3.99. The third-order valence-corrected chi connectivity index (χ3v) is 5.19. The van der Waals surface area contributed by atoms with Crippen molar-refractivity contribution >= 4 is 33.0 Å². The number of rotatable bonds is 2. The summed E-state index contributed by atoms with van der Waals surface area (Å²) in [6.07, 6.45) is -4.64. The zero-order chi connectivity index (χ0) is 18.6. The number of nitrogens with zero attached hydrogens (tertiary/aromatic N) is 1. The number of anilines is 1. The van der Waals surface area contributed by atoms with Crippen molar-refractivity contribution < 1.29 is 27.4 Å². The Morgan fingerprint density at radius 3 is 2.65 bits per heavy atom. The maximum Gasteiger partial charge on any atom is 0.417 e. The molecule has 9 heteroatoms. The lowest BCUT2D eigenvalue weighted by molar-refractivity contribution is -0.136. The molecule has 0 saturated heterocycles. The summed E-state index contributed by atoms with van der Waals surface area (Å²) in [5.41, 5.74) is 5.26. The van der Waals surface area contributed by atoms with Gasteiger partial charge in [-0.15, -0.1) is 11.3 Å². The van der Waals surface area contributed by atoms with E-state index in [0.29, 0.717) is 17.1 Å². The minimum absolute atomic E-state index is 0.0580. The van der Waals surface area contributed by atoms with Gasteiger partial charge in [-0.05, 0) is 24.3 Å². The van der Waals surface area contributed by atoms with Crippen molar-refractivity contribution in [3.8, 4) is 22.8 Å². The third kappa shape index (κ3) is 2.55. The zero-order valence-corrected chi connectivity index (χ0v) is 14.1. The van der Waals surface area contributed by atoms with Crippen molar-refractivity contribution in [3.05, 3.63) is 34.7 Å². The Morgan fingerprint density at radius 2 is 1.96 bits per heavy atom. The van der Waals surface area contributed by atoms with Gasteiger partial charge in [-0.3, -0.25) is 4.79 Å². The molecule has 3 aromatic rings. The summed E-state index contributed by atoms with van der Waals surface area (Å²) >= 11 is 0.855. The van der Waals surface area contributed by atoms with E-state index in [0.717, 1.165) is 17.4 Å². The van der Waals surface area contributed by atoms with Crippen molar-refractivity contribution in [2.75, 3.05) is 12.5 Å². The summed E-state index contributed by atoms with van der Waals surface area (Å²) in [7, 11) is 0. The van der Waals surface area contributed by atoms with Crippen LogP contribution in [0.3, 0.4) is 0 Å². The summed E-state index contributed by atoms with van der Waals surface area (Å²) in [6.45, 7) is 1.32. The lowest BCUT2D eigenvalue weighted by Crippen LogP contribution is -2.08. The number of aromatic nitrogens is 1. The number of nitrogens with two attached hydrogens (primary N) is 1. The van der Waals surface area contributed by atoms with Gasteiger partial charge < -0.3 is 15.2 Å². The van der Waals surface area contributed by atoms with Crippen molar-refractivity contribution in [1.82, 2.24) is 4.98 Å². The fraction of sp³-hybridized carbons (Fsp3) is 0.176. The molecule has 5 nitrogen and oxygen atoms in total. The Bertz CT molecular complexity index is 1060. The van der Waals surface area contributed by atoms with Crippen LogP contribution in [0.25, 0.3) is 21.5 Å². The van der Waals surface area contributed by atoms with E-state index in [-0.39, 0.29) is 33.3 Å². The molecule has 1 aromatic carbocycles. The van der Waals surface area contributed by atoms with Gasteiger partial charge in [-0.25, -0.2) is 4.98 Å². The molecule has 0 radical (unpaired) electrons. The SMILES string of the molecule is CC(=O)c1sc2nc(-c3ccc4c(c3)OCO4)cc(C(F)(F)F)c2c1N. The number of hydrogen-bond acceptors (Lipinski definition) is 6. The number of Topliss-reactive ketones (excluding diaryl/α,β-unsaturated/α-hetero) is 1. The molecule has 0 bridgehead atoms. The first-order chi connectivity index (χ1) is 12.3. The quantitative estimate of drug-likeness (QED) is 0.663. The number of ketones is 1. The summed E-state index contributed by atoms with van der Waals surface area (Å²) in [5, 5.41) is -0.239. The van der Waals surface area contributed by atoms with Gasteiger partial charge in [0, 0.05) is 17.9 Å². The zero-order valence-electron chi connectivity index (χ0n) is 13.3. The van der Waals surface area contributed by atoms with Gasteiger partial charge in [-0.2, -0.15) is 13.2 Å². The highest BCUT2D eigenvalue weighted by Crippen LogP contribution is 2.44. The molecule has 134 valence electrons. The van der Waals surface area contributed by atoms with Crippen LogP contribution < -0.4 is 15.2 Å². The molecule has 0 spiro atoms. The summed E-state index contributed by atoms with van der Waals surface area (Å²) in [4.78, 5) is 16.1. The molecule has 1 aliphatic heterocycles. The molecule has 3 heterocycles. The van der Waals surface area contributed by atoms with Crippen LogP contribution in [0.4, 0.5) is 18.9 Å². The minimum atomic E-state index is -4.64. The molecule has 4 rings (SSSR count). The van der Waals surface area contributed by atoms with E-state index in [1.165, 1.54) is 6.92 Å². The van der Waals surface area contributed by atoms with Gasteiger partial charge in [0.05, 0.1) is 21.8 Å². The van der Waals surface area contributed by atoms with Crippen LogP contribution in [0.2, 0.25) is 0 Å². The van der Waals surface area contributed by atoms with Crippen molar-refractivity contribution in [1.29, 1.82) is 0 Å². The Labute approximate surface area is 149 Å². The van der Waals surface area contributed by atoms with Crippen LogP contribution in [0.15, 0.2) is 24.3 Å². The monoisotopic (exact) mass is 380 g/mol. The highest BCUT2D eigenvalue weighted by molar-refractivity contribution is 7.21. The summed E-state index contributed by atoms with van der Waals surface area (Å²) in [5.74, 6) is 0.557. The Morgan fingerprint density at radius 1 is 1.23 bits per heavy atom. The second kappa shape index (κ2) is 5.60. The molecule has 0 saturated carbocycles. The van der Waals surface area contributed by atoms with Crippen LogP contribution in [0.1, 0.15) is 22.2 Å². The average molecular weight is 380 g/mol. The van der Waals surface area contributed by atoms with E-state index in [1.807, 2.05) is 0 Å². The number of pyridine rings is 1. The van der Waals surface area contributed by atoms with Gasteiger partial charge in [0.25, 0.3) is 0 Å². The standard InChI is InChI=1S/C17H11F3N2O3S/c1-7(23)15-14(21)13-9(17(18,19)20)5-10(22-16(13)26-15)8-2-3-11-12(4-8)25-6-24-11/h2-5H,6,21H2,1H3. The number of ether oxygens (including phenoxy) is 2. The van der Waals surface area contributed by atoms with Gasteiger partial charge in [-0.1, -0.05) is 0 Å². The van der Waals surface area contributed by atoms with E-state index >= 15 is 0 Å². The van der Waals surface area contributed by atoms with Gasteiger partial charge >= 0.3 is 6.18 Å². The molecule has 26 heavy (non-hydrogen) atoms. The minimum Gasteiger partial charge on any atom is -0.454 e. The maximum absolute atomic E-state index is 13.6. The maximum atomic E-state index is 13.6. The number of nitrogen functional groups attached to an aromatic ring is 1. The number of halogens is 3. The van der Waals surface area contributed by atoms with Crippen molar-refractivity contribution in [2.24, 2.45) is 0 Å². The topological polar surface area (TPSA) is 74.4 Å². The second-order valence-corrected chi connectivity index (χ2v) is 6.70. The molecule has 0 unspecified atom stereocenters. The molecule has 0 fully saturated rings. The highest BCUT2D eigenvalue weighted by Gasteiger charge is 2.36. The largest absolute Gasteiger partial charge is 0.454 e. The molecule has 2 aromatic heterocycles. The number of thiophene rings is 1. The first-order valence-corrected chi connectivity index (χ1v) is 8.28. The fourth-order valence-electron chi connectivity index (χ4n) is 2.81. The molecular weight excluding hydrogens is 369 g/mol. The molecule has 0 amide bonds. The molecule has 1 aliphatic rings. The molecule has 0 aliphatic carbocycles. The highest BCUT2D eigenvalue weighted by atomic mass is 32.1. The fourth-order valence-corrected chi connectivity index (χ4v) is 3.82. The van der Waals surface area contributed by atoms with E-state index in [1.54, 1.807) is 18.2 Å². The number of alkyl halides is 3. The van der Waals surface area contributed by atoms with Crippen LogP contribution in [0, 0.1) is 0 Å². The van der Waals surface area contributed by atoms with Crippen molar-refractivity contribution in [2.45, 2.75) is 13.1 Å².